The van der Waals surface area contributed by atoms with Crippen LogP contribution in [0, 0.1) is 6.92 Å². The summed E-state index contributed by atoms with van der Waals surface area (Å²) in [5, 5.41) is 19.8. The van der Waals surface area contributed by atoms with Crippen LogP contribution in [0.4, 0.5) is 0 Å². The van der Waals surface area contributed by atoms with Crippen molar-refractivity contribution in [2.45, 2.75) is 6.92 Å². The zero-order valence-electron chi connectivity index (χ0n) is 16.6. The molecule has 2 aromatic carbocycles. The topological polar surface area (TPSA) is 82.0 Å². The number of fused-ring (bicyclic) bond motifs is 3. The molecular weight excluding hydrogens is 388 g/mol. The molecule has 0 bridgehead atoms. The van der Waals surface area contributed by atoms with Gasteiger partial charge in [0.05, 0.1) is 11.8 Å². The lowest BCUT2D eigenvalue weighted by atomic mass is 10.0. The number of hydrogen-bond acceptors (Lipinski definition) is 6. The van der Waals surface area contributed by atoms with Crippen LogP contribution in [-0.2, 0) is 0 Å². The molecule has 4 aromatic heterocycles. The van der Waals surface area contributed by atoms with Gasteiger partial charge in [0, 0.05) is 28.7 Å². The molecule has 6 rings (SSSR count). The molecule has 7 nitrogen and oxygen atoms in total. The summed E-state index contributed by atoms with van der Waals surface area (Å²) in [5.41, 5.74) is 5.36. The van der Waals surface area contributed by atoms with Crippen LogP contribution in [0.1, 0.15) is 5.76 Å². The van der Waals surface area contributed by atoms with E-state index < -0.39 is 0 Å². The maximum Gasteiger partial charge on any atom is 0.191 e. The van der Waals surface area contributed by atoms with Crippen LogP contribution in [0.15, 0.2) is 83.8 Å². The Labute approximate surface area is 177 Å². The van der Waals surface area contributed by atoms with Gasteiger partial charge in [-0.15, -0.1) is 10.2 Å². The molecule has 0 atom stereocenters. The van der Waals surface area contributed by atoms with Crippen LogP contribution in [0.2, 0.25) is 0 Å². The zero-order valence-corrected chi connectivity index (χ0v) is 16.6. The van der Waals surface area contributed by atoms with E-state index in [-0.39, 0.29) is 0 Å². The van der Waals surface area contributed by atoms with Gasteiger partial charge in [-0.2, -0.15) is 9.61 Å². The van der Waals surface area contributed by atoms with Crippen LogP contribution < -0.4 is 0 Å². The Balaban J connectivity index is 1.53. The first-order valence-electron chi connectivity index (χ1n) is 9.86. The lowest BCUT2D eigenvalue weighted by Gasteiger charge is -2.05. The number of rotatable bonds is 3. The van der Waals surface area contributed by atoms with Crippen molar-refractivity contribution in [2.75, 3.05) is 0 Å². The van der Waals surface area contributed by atoms with E-state index in [4.69, 9.17) is 4.52 Å². The first-order chi connectivity index (χ1) is 15.3. The van der Waals surface area contributed by atoms with Crippen LogP contribution in [0.3, 0.4) is 0 Å². The highest BCUT2D eigenvalue weighted by Crippen LogP contribution is 2.34. The SMILES string of the molecule is Cc1onc(-c2ccccc2)c1-c1nnc2c3ccc(-c4ccncc4)cc3cnn12. The molecule has 148 valence electrons. The summed E-state index contributed by atoms with van der Waals surface area (Å²) in [6.07, 6.45) is 5.42. The summed E-state index contributed by atoms with van der Waals surface area (Å²) in [5.74, 6) is 1.27. The second-order valence-corrected chi connectivity index (χ2v) is 7.27. The monoisotopic (exact) mass is 404 g/mol. The maximum absolute atomic E-state index is 5.51. The van der Waals surface area contributed by atoms with Crippen LogP contribution in [0.25, 0.3) is 50.2 Å². The van der Waals surface area contributed by atoms with Gasteiger partial charge in [-0.05, 0) is 42.3 Å². The third-order valence-corrected chi connectivity index (χ3v) is 5.39. The number of benzene rings is 2. The largest absolute Gasteiger partial charge is 0.360 e. The van der Waals surface area contributed by atoms with Gasteiger partial charge < -0.3 is 4.52 Å². The minimum atomic E-state index is 0.604. The number of aryl methyl sites for hydroxylation is 1. The fourth-order valence-electron chi connectivity index (χ4n) is 3.86. The molecule has 0 amide bonds. The van der Waals surface area contributed by atoms with E-state index in [2.05, 4.69) is 43.6 Å². The lowest BCUT2D eigenvalue weighted by Crippen LogP contribution is -1.97. The van der Waals surface area contributed by atoms with Gasteiger partial charge in [0.15, 0.2) is 11.5 Å². The summed E-state index contributed by atoms with van der Waals surface area (Å²) < 4.78 is 7.26. The highest BCUT2D eigenvalue weighted by molar-refractivity contribution is 5.96. The van der Waals surface area contributed by atoms with Crippen molar-refractivity contribution in [1.82, 2.24) is 30.0 Å². The Morgan fingerprint density at radius 3 is 2.52 bits per heavy atom. The van der Waals surface area contributed by atoms with E-state index in [1.54, 1.807) is 16.9 Å². The second-order valence-electron chi connectivity index (χ2n) is 7.27. The fourth-order valence-corrected chi connectivity index (χ4v) is 3.86. The predicted octanol–water partition coefficient (Wildman–Crippen LogP) is 4.97. The first kappa shape index (κ1) is 17.5. The Morgan fingerprint density at radius 1 is 0.839 bits per heavy atom. The van der Waals surface area contributed by atoms with Crippen molar-refractivity contribution in [3.63, 3.8) is 0 Å². The third kappa shape index (κ3) is 2.78. The maximum atomic E-state index is 5.51. The van der Waals surface area contributed by atoms with Crippen LogP contribution in [0.5, 0.6) is 0 Å². The molecule has 0 unspecified atom stereocenters. The Hall–Kier alpha value is -4.39. The molecule has 0 aliphatic rings. The molecule has 6 aromatic rings. The van der Waals surface area contributed by atoms with Crippen molar-refractivity contribution < 1.29 is 4.52 Å². The summed E-state index contributed by atoms with van der Waals surface area (Å²) in [7, 11) is 0. The Kier molecular flexibility index (Phi) is 3.86. The van der Waals surface area contributed by atoms with Crippen molar-refractivity contribution in [2.24, 2.45) is 0 Å². The molecule has 0 saturated carbocycles. The average molecular weight is 404 g/mol. The zero-order chi connectivity index (χ0) is 20.8. The van der Waals surface area contributed by atoms with E-state index in [9.17, 15) is 0 Å². The van der Waals surface area contributed by atoms with Crippen molar-refractivity contribution in [1.29, 1.82) is 0 Å². The van der Waals surface area contributed by atoms with Crippen LogP contribution >= 0.6 is 0 Å². The summed E-state index contributed by atoms with van der Waals surface area (Å²) in [6.45, 7) is 1.87. The molecule has 0 spiro atoms. The van der Waals surface area contributed by atoms with Gasteiger partial charge >= 0.3 is 0 Å². The van der Waals surface area contributed by atoms with E-state index in [1.807, 2.05) is 55.6 Å². The Morgan fingerprint density at radius 2 is 1.68 bits per heavy atom. The third-order valence-electron chi connectivity index (χ3n) is 5.39. The molecule has 0 fully saturated rings. The van der Waals surface area contributed by atoms with E-state index in [1.165, 1.54) is 0 Å². The number of pyridine rings is 1. The van der Waals surface area contributed by atoms with E-state index >= 15 is 0 Å². The van der Waals surface area contributed by atoms with Gasteiger partial charge in [-0.25, -0.2) is 0 Å². The quantitative estimate of drug-likeness (QED) is 0.414. The highest BCUT2D eigenvalue weighted by Gasteiger charge is 2.22. The van der Waals surface area contributed by atoms with Crippen molar-refractivity contribution >= 4 is 16.4 Å². The van der Waals surface area contributed by atoms with Gasteiger partial charge in [-0.1, -0.05) is 41.6 Å². The molecule has 0 aliphatic heterocycles. The minimum absolute atomic E-state index is 0.604. The Bertz CT molecular complexity index is 1540. The number of nitrogens with zero attached hydrogens (tertiary/aromatic N) is 6. The molecule has 31 heavy (non-hydrogen) atoms. The van der Waals surface area contributed by atoms with Crippen molar-refractivity contribution in [3.05, 3.63) is 85.0 Å². The van der Waals surface area contributed by atoms with Crippen molar-refractivity contribution in [3.8, 4) is 33.8 Å². The lowest BCUT2D eigenvalue weighted by molar-refractivity contribution is 0.400. The van der Waals surface area contributed by atoms with Gasteiger partial charge in [0.1, 0.15) is 11.5 Å². The molecule has 4 heterocycles. The molecule has 0 N–H and O–H groups in total. The molecule has 0 aliphatic carbocycles. The molecule has 7 heteroatoms. The minimum Gasteiger partial charge on any atom is -0.360 e. The van der Waals surface area contributed by atoms with Gasteiger partial charge in [0.2, 0.25) is 0 Å². The molecule has 0 radical (unpaired) electrons. The second kappa shape index (κ2) is 6.84. The summed E-state index contributed by atoms with van der Waals surface area (Å²) in [4.78, 5) is 4.09. The number of hydrogen-bond donors (Lipinski definition) is 0. The molecule has 0 saturated heterocycles. The van der Waals surface area contributed by atoms with Crippen LogP contribution in [-0.4, -0.2) is 30.0 Å². The van der Waals surface area contributed by atoms with E-state index in [0.29, 0.717) is 17.2 Å². The van der Waals surface area contributed by atoms with Gasteiger partial charge in [-0.3, -0.25) is 4.98 Å². The average Bonchev–Trinajstić information content (AvgIpc) is 3.43. The highest BCUT2D eigenvalue weighted by atomic mass is 16.5. The first-order valence-corrected chi connectivity index (χ1v) is 9.86. The predicted molar refractivity (Wildman–Crippen MR) is 117 cm³/mol. The van der Waals surface area contributed by atoms with E-state index in [0.717, 1.165) is 38.7 Å². The van der Waals surface area contributed by atoms with Gasteiger partial charge in [0.25, 0.3) is 0 Å². The standard InChI is InChI=1S/C24H16N6O/c1-15-21(22(29-31-15)17-5-3-2-4-6-17)24-28-27-23-20-8-7-18(16-9-11-25-12-10-16)13-19(20)14-26-30(23)24/h2-14H,1H3. The normalized spacial score (nSPS) is 11.4. The molecular formula is C24H16N6O. The summed E-state index contributed by atoms with van der Waals surface area (Å²) in [6, 6.07) is 20.1. The smallest absolute Gasteiger partial charge is 0.191 e. The number of aromatic nitrogens is 6. The fraction of sp³-hybridized carbons (Fsp3) is 0.0417. The summed E-state index contributed by atoms with van der Waals surface area (Å²) >= 11 is 0.